The molecule has 0 bridgehead atoms. The van der Waals surface area contributed by atoms with Gasteiger partial charge in [-0.2, -0.15) is 13.2 Å². The highest BCUT2D eigenvalue weighted by atomic mass is 35.5. The minimum Gasteiger partial charge on any atom is -0.478 e. The van der Waals surface area contributed by atoms with E-state index in [1.807, 2.05) is 0 Å². The maximum absolute atomic E-state index is 13.9. The number of carboxylic acids is 1. The molecule has 0 saturated carbocycles. The molecule has 198 valence electrons. The maximum Gasteiger partial charge on any atom is 0.419 e. The molecule has 1 fully saturated rings. The van der Waals surface area contributed by atoms with Crippen molar-refractivity contribution in [2.75, 3.05) is 18.4 Å². The van der Waals surface area contributed by atoms with Gasteiger partial charge in [-0.3, -0.25) is 0 Å². The number of H-pyrrole nitrogens is 1. The van der Waals surface area contributed by atoms with Gasteiger partial charge in [0, 0.05) is 42.5 Å². The quantitative estimate of drug-likeness (QED) is 0.383. The Bertz CT molecular complexity index is 1350. The van der Waals surface area contributed by atoms with Crippen LogP contribution in [0.2, 0.25) is 5.02 Å². The van der Waals surface area contributed by atoms with Gasteiger partial charge < -0.3 is 25.0 Å². The summed E-state index contributed by atoms with van der Waals surface area (Å²) in [6.07, 6.45) is -1.90. The average molecular weight is 540 g/mol. The van der Waals surface area contributed by atoms with Gasteiger partial charge in [0.25, 0.3) is 0 Å². The van der Waals surface area contributed by atoms with Gasteiger partial charge >= 0.3 is 18.2 Å². The fourth-order valence-corrected chi connectivity index (χ4v) is 4.46. The average Bonchev–Trinajstić information content (AvgIpc) is 3.22. The minimum atomic E-state index is -4.75. The summed E-state index contributed by atoms with van der Waals surface area (Å²) >= 11 is 6.18. The van der Waals surface area contributed by atoms with Gasteiger partial charge in [0.05, 0.1) is 21.8 Å². The van der Waals surface area contributed by atoms with Crippen LogP contribution in [-0.2, 0) is 10.9 Å². The number of carboxylic acid groups (broad SMARTS) is 1. The summed E-state index contributed by atoms with van der Waals surface area (Å²) in [5.74, 6) is -1.30. The Morgan fingerprint density at radius 2 is 2.00 bits per heavy atom. The van der Waals surface area contributed by atoms with E-state index in [4.69, 9.17) is 16.3 Å². The molecule has 4 rings (SSSR count). The molecule has 1 aliphatic heterocycles. The third-order valence-corrected chi connectivity index (χ3v) is 6.17. The number of amides is 1. The van der Waals surface area contributed by atoms with Crippen LogP contribution in [-0.4, -0.2) is 61.8 Å². The van der Waals surface area contributed by atoms with Crippen LogP contribution in [0.4, 0.5) is 23.9 Å². The first-order valence-electron chi connectivity index (χ1n) is 11.5. The molecule has 0 aliphatic carbocycles. The molecule has 1 saturated heterocycles. The van der Waals surface area contributed by atoms with Crippen LogP contribution in [0.25, 0.3) is 22.2 Å². The number of ether oxygens (including phenoxy) is 1. The molecule has 9 nitrogen and oxygen atoms in total. The number of nitrogens with one attached hydrogen (secondary N) is 2. The number of aromatic amines is 1. The van der Waals surface area contributed by atoms with E-state index in [2.05, 4.69) is 20.3 Å². The first kappa shape index (κ1) is 26.5. The standard InChI is InChI=1S/C24H25ClF3N5O4/c1-23(2,3)37-22(36)33-8-4-5-12(11-33)31-21-30-10-16(24(26,27)28)18(32-21)15-9-29-19-13(15)6-7-14(17(19)25)20(34)35/h6-7,9-10,12,29H,4-5,8,11H2,1-3H3,(H,34,35)(H,30,31,32). The van der Waals surface area contributed by atoms with Gasteiger partial charge in [0.2, 0.25) is 5.95 Å². The normalized spacial score (nSPS) is 16.6. The molecule has 0 radical (unpaired) electrons. The monoisotopic (exact) mass is 539 g/mol. The topological polar surface area (TPSA) is 120 Å². The molecule has 3 heterocycles. The number of alkyl halides is 3. The van der Waals surface area contributed by atoms with Crippen molar-refractivity contribution in [3.05, 3.63) is 40.7 Å². The van der Waals surface area contributed by atoms with Gasteiger partial charge in [0.1, 0.15) is 11.2 Å². The molecule has 1 unspecified atom stereocenters. The van der Waals surface area contributed by atoms with Crippen molar-refractivity contribution in [3.8, 4) is 11.3 Å². The Hall–Kier alpha value is -3.54. The van der Waals surface area contributed by atoms with Gasteiger partial charge in [-0.15, -0.1) is 0 Å². The third kappa shape index (κ3) is 5.74. The fourth-order valence-electron chi connectivity index (χ4n) is 4.16. The van der Waals surface area contributed by atoms with Crippen molar-refractivity contribution >= 4 is 40.5 Å². The summed E-state index contributed by atoms with van der Waals surface area (Å²) in [6, 6.07) is 2.30. The Balaban J connectivity index is 1.67. The highest BCUT2D eigenvalue weighted by molar-refractivity contribution is 6.38. The number of carbonyl (C=O) groups is 2. The zero-order valence-electron chi connectivity index (χ0n) is 20.2. The second-order valence-corrected chi connectivity index (χ2v) is 10.1. The summed E-state index contributed by atoms with van der Waals surface area (Å²) in [7, 11) is 0. The summed E-state index contributed by atoms with van der Waals surface area (Å²) < 4.78 is 47.1. The maximum atomic E-state index is 13.9. The number of fused-ring (bicyclic) bond motifs is 1. The van der Waals surface area contributed by atoms with Crippen LogP contribution < -0.4 is 5.32 Å². The lowest BCUT2D eigenvalue weighted by molar-refractivity contribution is -0.137. The van der Waals surface area contributed by atoms with E-state index in [1.54, 1.807) is 25.7 Å². The Morgan fingerprint density at radius 3 is 2.65 bits per heavy atom. The number of hydrogen-bond donors (Lipinski definition) is 3. The minimum absolute atomic E-state index is 0.0401. The number of nitrogens with zero attached hydrogens (tertiary/aromatic N) is 3. The van der Waals surface area contributed by atoms with E-state index >= 15 is 0 Å². The van der Waals surface area contributed by atoms with Crippen molar-refractivity contribution in [1.82, 2.24) is 19.9 Å². The number of piperidine rings is 1. The Labute approximate surface area is 215 Å². The number of halogens is 4. The lowest BCUT2D eigenvalue weighted by Gasteiger charge is -2.34. The van der Waals surface area contributed by atoms with Gasteiger partial charge in [-0.05, 0) is 39.7 Å². The van der Waals surface area contributed by atoms with Crippen molar-refractivity contribution in [2.45, 2.75) is 51.4 Å². The number of anilines is 1. The number of carbonyl (C=O) groups excluding carboxylic acids is 1. The summed E-state index contributed by atoms with van der Waals surface area (Å²) in [4.78, 5) is 36.2. The Kier molecular flexibility index (Phi) is 6.97. The van der Waals surface area contributed by atoms with E-state index in [9.17, 15) is 27.9 Å². The van der Waals surface area contributed by atoms with Crippen molar-refractivity contribution < 1.29 is 32.6 Å². The van der Waals surface area contributed by atoms with Crippen LogP contribution in [0.3, 0.4) is 0 Å². The number of aromatic nitrogens is 3. The van der Waals surface area contributed by atoms with Gasteiger partial charge in [0.15, 0.2) is 0 Å². The predicted octanol–water partition coefficient (Wildman–Crippen LogP) is 5.81. The lowest BCUT2D eigenvalue weighted by Crippen LogP contribution is -2.47. The third-order valence-electron chi connectivity index (χ3n) is 5.78. The zero-order valence-corrected chi connectivity index (χ0v) is 21.0. The SMILES string of the molecule is CC(C)(C)OC(=O)N1CCCC(Nc2ncc(C(F)(F)F)c(-c3c[nH]c4c(Cl)c(C(=O)O)ccc34)n2)C1. The first-order valence-corrected chi connectivity index (χ1v) is 11.8. The number of likely N-dealkylation sites (tertiary alicyclic amines) is 1. The van der Waals surface area contributed by atoms with Crippen molar-refractivity contribution in [1.29, 1.82) is 0 Å². The second-order valence-electron chi connectivity index (χ2n) is 9.72. The van der Waals surface area contributed by atoms with Crippen molar-refractivity contribution in [3.63, 3.8) is 0 Å². The van der Waals surface area contributed by atoms with Crippen molar-refractivity contribution in [2.24, 2.45) is 0 Å². The van der Waals surface area contributed by atoms with E-state index < -0.39 is 35.1 Å². The molecule has 1 aromatic carbocycles. The van der Waals surface area contributed by atoms with Crippen LogP contribution in [0, 0.1) is 0 Å². The molecule has 2 aromatic heterocycles. The highest BCUT2D eigenvalue weighted by Gasteiger charge is 2.36. The van der Waals surface area contributed by atoms with E-state index in [0.29, 0.717) is 25.6 Å². The molecule has 3 aromatic rings. The first-order chi connectivity index (χ1) is 17.2. The molecule has 1 aliphatic rings. The van der Waals surface area contributed by atoms with Crippen LogP contribution >= 0.6 is 11.6 Å². The Morgan fingerprint density at radius 1 is 1.27 bits per heavy atom. The van der Waals surface area contributed by atoms with E-state index in [1.165, 1.54) is 18.3 Å². The predicted molar refractivity (Wildman–Crippen MR) is 131 cm³/mol. The molecule has 13 heteroatoms. The molecule has 3 N–H and O–H groups in total. The zero-order chi connectivity index (χ0) is 27.1. The van der Waals surface area contributed by atoms with Crippen LogP contribution in [0.5, 0.6) is 0 Å². The fraction of sp³-hybridized carbons (Fsp3) is 0.417. The summed E-state index contributed by atoms with van der Waals surface area (Å²) in [5, 5.41) is 12.5. The molecule has 37 heavy (non-hydrogen) atoms. The van der Waals surface area contributed by atoms with Gasteiger partial charge in [-0.25, -0.2) is 19.6 Å². The molecule has 1 atom stereocenters. The smallest absolute Gasteiger partial charge is 0.419 e. The molecular weight excluding hydrogens is 515 g/mol. The lowest BCUT2D eigenvalue weighted by atomic mass is 10.0. The molecule has 1 amide bonds. The molecule has 0 spiro atoms. The van der Waals surface area contributed by atoms with Gasteiger partial charge in [-0.1, -0.05) is 17.7 Å². The van der Waals surface area contributed by atoms with Crippen LogP contribution in [0.1, 0.15) is 49.5 Å². The largest absolute Gasteiger partial charge is 0.478 e. The number of rotatable bonds is 4. The highest BCUT2D eigenvalue weighted by Crippen LogP contribution is 2.40. The number of aromatic carboxylic acids is 1. The number of hydrogen-bond acceptors (Lipinski definition) is 6. The summed E-state index contributed by atoms with van der Waals surface area (Å²) in [6.45, 7) is 6.07. The summed E-state index contributed by atoms with van der Waals surface area (Å²) in [5.41, 5.74) is -2.03. The van der Waals surface area contributed by atoms with E-state index in [0.717, 1.165) is 0 Å². The van der Waals surface area contributed by atoms with E-state index in [-0.39, 0.29) is 45.6 Å². The molecular formula is C24H25ClF3N5O4. The van der Waals surface area contributed by atoms with Crippen LogP contribution in [0.15, 0.2) is 24.5 Å². The number of benzene rings is 1. The second kappa shape index (κ2) is 9.73.